The summed E-state index contributed by atoms with van der Waals surface area (Å²) in [6.45, 7) is 7.27. The monoisotopic (exact) mass is 771 g/mol. The van der Waals surface area contributed by atoms with E-state index in [0.717, 1.165) is 22.1 Å². The zero-order valence-corrected chi connectivity index (χ0v) is 33.6. The molecule has 4 atom stereocenters. The van der Waals surface area contributed by atoms with E-state index in [9.17, 15) is 14.7 Å². The normalized spacial score (nSPS) is 20.3. The highest BCUT2D eigenvalue weighted by molar-refractivity contribution is 6.91. The van der Waals surface area contributed by atoms with E-state index in [1.165, 1.54) is 11.7 Å². The molecular weight excluding hydrogens is 723 g/mol. The van der Waals surface area contributed by atoms with Crippen LogP contribution in [0.25, 0.3) is 5.69 Å². The van der Waals surface area contributed by atoms with Gasteiger partial charge in [-0.3, -0.25) is 19.0 Å². The Hall–Kier alpha value is -5.49. The molecule has 10 nitrogen and oxygen atoms in total. The molecule has 7 rings (SSSR count). The molecule has 2 aliphatic rings. The standard InChI is InChI=1S/C45H49N3O7Si/c1-31-42(56(4,5)36-21-19-35(53-2)20-22-36)40(28-41(50)46(25-26-49)29-32-13-8-6-9-14-32)55-45(31)37-27-34(47-24-12-17-39(54-3)43(47)51)18-23-38(37)48(44(45)52)30-33-15-10-7-11-16-33/h6-24,27,31,40,42,49H,25-26,28-30H2,1-5H3/t31-,40+,42-,45+/m1/s1. The summed E-state index contributed by atoms with van der Waals surface area (Å²) in [5, 5.41) is 11.2. The molecule has 11 heteroatoms. The third-order valence-corrected chi connectivity index (χ3v) is 16.1. The SMILES string of the molecule is COc1ccc([Si](C)(C)[C@H]2[C@H](CC(=O)N(CCO)Cc3ccccc3)O[C@@]3(C(=O)N(Cc4ccccc4)c4ccc(-n5cccc(OC)c5=O)cc43)[C@@H]2C)cc1. The number of aromatic nitrogens is 1. The number of hydrogen-bond acceptors (Lipinski definition) is 7. The molecule has 290 valence electrons. The summed E-state index contributed by atoms with van der Waals surface area (Å²) < 4.78 is 19.7. The number of pyridine rings is 1. The van der Waals surface area contributed by atoms with Gasteiger partial charge in [-0.25, -0.2) is 0 Å². The molecule has 1 N–H and O–H groups in total. The zero-order valence-electron chi connectivity index (χ0n) is 32.6. The minimum Gasteiger partial charge on any atom is -0.497 e. The first-order valence-corrected chi connectivity index (χ1v) is 22.1. The Morgan fingerprint density at radius 3 is 2.20 bits per heavy atom. The van der Waals surface area contributed by atoms with Crippen molar-refractivity contribution in [2.75, 3.05) is 32.3 Å². The van der Waals surface area contributed by atoms with Crippen molar-refractivity contribution in [1.29, 1.82) is 0 Å². The molecule has 5 aromatic rings. The van der Waals surface area contributed by atoms with Gasteiger partial charge in [-0.15, -0.1) is 0 Å². The third kappa shape index (κ3) is 6.95. The minimum absolute atomic E-state index is 0.0203. The number of aliphatic hydroxyl groups excluding tert-OH is 1. The van der Waals surface area contributed by atoms with Crippen LogP contribution in [0.2, 0.25) is 18.6 Å². The number of hydrogen-bond donors (Lipinski definition) is 1. The maximum atomic E-state index is 15.4. The second-order valence-corrected chi connectivity index (χ2v) is 19.9. The van der Waals surface area contributed by atoms with Crippen LogP contribution in [0.15, 0.2) is 126 Å². The van der Waals surface area contributed by atoms with Gasteiger partial charge >= 0.3 is 0 Å². The molecule has 3 heterocycles. The summed E-state index contributed by atoms with van der Waals surface area (Å²) in [5.74, 6) is 0.201. The van der Waals surface area contributed by atoms with Crippen molar-refractivity contribution in [2.45, 2.75) is 56.8 Å². The van der Waals surface area contributed by atoms with Crippen molar-refractivity contribution in [3.05, 3.63) is 149 Å². The number of ether oxygens (including phenoxy) is 3. The van der Waals surface area contributed by atoms with Crippen LogP contribution in [0.4, 0.5) is 5.69 Å². The van der Waals surface area contributed by atoms with Crippen LogP contribution in [-0.2, 0) is 33.0 Å². The van der Waals surface area contributed by atoms with E-state index >= 15 is 4.79 Å². The molecule has 1 fully saturated rings. The van der Waals surface area contributed by atoms with Crippen LogP contribution in [0.1, 0.15) is 30.0 Å². The first-order valence-electron chi connectivity index (χ1n) is 19.0. The van der Waals surface area contributed by atoms with Crippen molar-refractivity contribution >= 4 is 30.8 Å². The average Bonchev–Trinajstić information content (AvgIpc) is 3.64. The number of benzene rings is 4. The van der Waals surface area contributed by atoms with Crippen LogP contribution < -0.4 is 25.1 Å². The third-order valence-electron chi connectivity index (χ3n) is 11.7. The Labute approximate surface area is 328 Å². The van der Waals surface area contributed by atoms with Crippen LogP contribution in [0, 0.1) is 5.92 Å². The lowest BCUT2D eigenvalue weighted by atomic mass is 9.82. The first-order chi connectivity index (χ1) is 27.0. The largest absolute Gasteiger partial charge is 0.497 e. The number of fused-ring (bicyclic) bond motifs is 2. The highest BCUT2D eigenvalue weighted by Crippen LogP contribution is 2.60. The molecule has 0 bridgehead atoms. The maximum absolute atomic E-state index is 15.4. The van der Waals surface area contributed by atoms with Crippen LogP contribution >= 0.6 is 0 Å². The number of rotatable bonds is 13. The Balaban J connectivity index is 1.37. The minimum atomic E-state index is -2.59. The summed E-state index contributed by atoms with van der Waals surface area (Å²) >= 11 is 0. The number of anilines is 1. The predicted molar refractivity (Wildman–Crippen MR) is 219 cm³/mol. The van der Waals surface area contributed by atoms with E-state index in [2.05, 4.69) is 32.2 Å². The molecule has 2 amide bonds. The molecule has 1 saturated heterocycles. The van der Waals surface area contributed by atoms with Gasteiger partial charge in [0, 0.05) is 36.5 Å². The number of nitrogens with zero attached hydrogens (tertiary/aromatic N) is 3. The topological polar surface area (TPSA) is 111 Å². The lowest BCUT2D eigenvalue weighted by Gasteiger charge is -2.37. The van der Waals surface area contributed by atoms with Crippen LogP contribution in [0.5, 0.6) is 11.5 Å². The maximum Gasteiger partial charge on any atom is 0.297 e. The second kappa shape index (κ2) is 15.9. The Morgan fingerprint density at radius 2 is 1.55 bits per heavy atom. The molecule has 2 aliphatic heterocycles. The van der Waals surface area contributed by atoms with Gasteiger partial charge in [0.2, 0.25) is 5.91 Å². The van der Waals surface area contributed by atoms with Gasteiger partial charge in [-0.05, 0) is 59.1 Å². The van der Waals surface area contributed by atoms with Gasteiger partial charge in [0.25, 0.3) is 11.5 Å². The van der Waals surface area contributed by atoms with Crippen molar-refractivity contribution < 1.29 is 28.9 Å². The fraction of sp³-hybridized carbons (Fsp3) is 0.311. The van der Waals surface area contributed by atoms with Gasteiger partial charge < -0.3 is 29.1 Å². The van der Waals surface area contributed by atoms with E-state index in [-0.39, 0.29) is 54.2 Å². The molecule has 1 spiro atoms. The van der Waals surface area contributed by atoms with Gasteiger partial charge in [-0.1, -0.05) is 98.0 Å². The Bertz CT molecular complexity index is 2250. The molecule has 0 aliphatic carbocycles. The average molecular weight is 772 g/mol. The second-order valence-electron chi connectivity index (χ2n) is 15.2. The summed E-state index contributed by atoms with van der Waals surface area (Å²) in [6.07, 6.45) is 1.06. The zero-order chi connectivity index (χ0) is 39.6. The van der Waals surface area contributed by atoms with Gasteiger partial charge in [0.1, 0.15) is 5.75 Å². The summed E-state index contributed by atoms with van der Waals surface area (Å²) in [6, 6.07) is 36.7. The summed E-state index contributed by atoms with van der Waals surface area (Å²) in [4.78, 5) is 46.8. The number of carbonyl (C=O) groups excluding carboxylic acids is 2. The van der Waals surface area contributed by atoms with E-state index < -0.39 is 19.8 Å². The predicted octanol–water partition coefficient (Wildman–Crippen LogP) is 6.03. The van der Waals surface area contributed by atoms with E-state index in [4.69, 9.17) is 14.2 Å². The molecule has 56 heavy (non-hydrogen) atoms. The smallest absolute Gasteiger partial charge is 0.297 e. The number of amides is 2. The van der Waals surface area contributed by atoms with E-state index in [0.29, 0.717) is 30.0 Å². The van der Waals surface area contributed by atoms with Gasteiger partial charge in [0.15, 0.2) is 11.4 Å². The van der Waals surface area contributed by atoms with E-state index in [1.54, 1.807) is 35.2 Å². The fourth-order valence-electron chi connectivity index (χ4n) is 8.92. The molecule has 0 saturated carbocycles. The highest BCUT2D eigenvalue weighted by atomic mass is 28.3. The quantitative estimate of drug-likeness (QED) is 0.146. The lowest BCUT2D eigenvalue weighted by molar-refractivity contribution is -0.150. The number of carbonyl (C=O) groups is 2. The van der Waals surface area contributed by atoms with Crippen molar-refractivity contribution in [3.8, 4) is 17.2 Å². The summed E-state index contributed by atoms with van der Waals surface area (Å²) in [7, 11) is 0.518. The van der Waals surface area contributed by atoms with Crippen LogP contribution in [-0.4, -0.2) is 67.9 Å². The number of aliphatic hydroxyl groups is 1. The molecular formula is C45H49N3O7Si. The molecule has 0 radical (unpaired) electrons. The van der Waals surface area contributed by atoms with Gasteiger partial charge in [0.05, 0.1) is 53.7 Å². The first kappa shape index (κ1) is 38.8. The highest BCUT2D eigenvalue weighted by Gasteiger charge is 2.66. The van der Waals surface area contributed by atoms with E-state index in [1.807, 2.05) is 91.0 Å². The van der Waals surface area contributed by atoms with Crippen LogP contribution in [0.3, 0.4) is 0 Å². The van der Waals surface area contributed by atoms with Crippen molar-refractivity contribution in [1.82, 2.24) is 9.47 Å². The Kier molecular flexibility index (Phi) is 11.0. The fourth-order valence-corrected chi connectivity index (χ4v) is 12.9. The van der Waals surface area contributed by atoms with Crippen molar-refractivity contribution in [2.24, 2.45) is 5.92 Å². The van der Waals surface area contributed by atoms with Crippen molar-refractivity contribution in [3.63, 3.8) is 0 Å². The summed E-state index contributed by atoms with van der Waals surface area (Å²) in [5.41, 5.74) is 1.84. The molecule has 0 unspecified atom stereocenters. The molecule has 4 aromatic carbocycles. The van der Waals surface area contributed by atoms with Gasteiger partial charge in [-0.2, -0.15) is 0 Å². The Morgan fingerprint density at radius 1 is 0.875 bits per heavy atom. The molecule has 1 aromatic heterocycles. The lowest BCUT2D eigenvalue weighted by Crippen LogP contribution is -2.52. The number of methoxy groups -OCH3 is 2.